The first-order chi connectivity index (χ1) is 9.95. The molecule has 0 unspecified atom stereocenters. The Kier molecular flexibility index (Phi) is 4.71. The minimum absolute atomic E-state index is 0.0408. The lowest BCUT2D eigenvalue weighted by Gasteiger charge is -2.16. The third-order valence-corrected chi connectivity index (χ3v) is 4.86. The Labute approximate surface area is 124 Å². The van der Waals surface area contributed by atoms with Gasteiger partial charge in [0.25, 0.3) is 10.0 Å². The van der Waals surface area contributed by atoms with E-state index in [2.05, 4.69) is 15.3 Å². The molecule has 2 rings (SSSR count). The van der Waals surface area contributed by atoms with E-state index in [-0.39, 0.29) is 11.6 Å². The first-order valence-electron chi connectivity index (χ1n) is 6.47. The number of hydrogen-bond acceptors (Lipinski definition) is 5. The van der Waals surface area contributed by atoms with Crippen molar-refractivity contribution in [2.24, 2.45) is 7.05 Å². The Morgan fingerprint density at radius 1 is 1.33 bits per heavy atom. The van der Waals surface area contributed by atoms with Gasteiger partial charge in [-0.05, 0) is 18.7 Å². The standard InChI is InChI=1S/C13H19N5O2S/c1-14-8-11-4-5-13(16-9-11)21(19,20)18(3)10-12-15-6-7-17(12)2/h4-7,9,14H,8,10H2,1-3H3. The fourth-order valence-electron chi connectivity index (χ4n) is 1.86. The molecule has 0 aliphatic heterocycles. The molecule has 8 heteroatoms. The Balaban J connectivity index is 2.18. The lowest BCUT2D eigenvalue weighted by atomic mass is 10.3. The number of sulfonamides is 1. The fourth-order valence-corrected chi connectivity index (χ4v) is 2.90. The number of pyridine rings is 1. The Morgan fingerprint density at radius 2 is 2.10 bits per heavy atom. The summed E-state index contributed by atoms with van der Waals surface area (Å²) in [6, 6.07) is 3.28. The van der Waals surface area contributed by atoms with Gasteiger partial charge in [0.1, 0.15) is 5.82 Å². The molecule has 2 aromatic rings. The molecule has 114 valence electrons. The van der Waals surface area contributed by atoms with Crippen LogP contribution in [0.1, 0.15) is 11.4 Å². The maximum atomic E-state index is 12.4. The van der Waals surface area contributed by atoms with Gasteiger partial charge in [0.2, 0.25) is 0 Å². The SMILES string of the molecule is CNCc1ccc(S(=O)(=O)N(C)Cc2nccn2C)nc1. The number of imidazole rings is 1. The van der Waals surface area contributed by atoms with Gasteiger partial charge in [-0.3, -0.25) is 0 Å². The predicted molar refractivity (Wildman–Crippen MR) is 78.9 cm³/mol. The van der Waals surface area contributed by atoms with Gasteiger partial charge in [-0.25, -0.2) is 18.4 Å². The molecule has 0 aromatic carbocycles. The van der Waals surface area contributed by atoms with Gasteiger partial charge in [-0.15, -0.1) is 0 Å². The molecule has 7 nitrogen and oxygen atoms in total. The second kappa shape index (κ2) is 6.33. The van der Waals surface area contributed by atoms with Crippen molar-refractivity contribution in [1.82, 2.24) is 24.2 Å². The lowest BCUT2D eigenvalue weighted by Crippen LogP contribution is -2.28. The second-order valence-corrected chi connectivity index (χ2v) is 6.74. The Bertz CT molecular complexity index is 694. The van der Waals surface area contributed by atoms with Crippen LogP contribution in [0.25, 0.3) is 0 Å². The summed E-state index contributed by atoms with van der Waals surface area (Å²) in [4.78, 5) is 8.17. The van der Waals surface area contributed by atoms with E-state index in [1.54, 1.807) is 29.2 Å². The minimum atomic E-state index is -3.62. The number of hydrogen-bond donors (Lipinski definition) is 1. The van der Waals surface area contributed by atoms with Crippen molar-refractivity contribution in [3.63, 3.8) is 0 Å². The van der Waals surface area contributed by atoms with Crippen LogP contribution in [0.15, 0.2) is 35.7 Å². The highest BCUT2D eigenvalue weighted by Gasteiger charge is 2.23. The van der Waals surface area contributed by atoms with Crippen LogP contribution in [0, 0.1) is 0 Å². The van der Waals surface area contributed by atoms with Crippen molar-refractivity contribution in [2.75, 3.05) is 14.1 Å². The van der Waals surface area contributed by atoms with Gasteiger partial charge in [-0.2, -0.15) is 4.31 Å². The highest BCUT2D eigenvalue weighted by atomic mass is 32.2. The van der Waals surface area contributed by atoms with Crippen LogP contribution in [0.2, 0.25) is 0 Å². The van der Waals surface area contributed by atoms with Crippen LogP contribution < -0.4 is 5.32 Å². The smallest absolute Gasteiger partial charge is 0.260 e. The quantitative estimate of drug-likeness (QED) is 0.833. The summed E-state index contributed by atoms with van der Waals surface area (Å²) in [6.45, 7) is 0.849. The second-order valence-electron chi connectivity index (χ2n) is 4.75. The molecule has 0 radical (unpaired) electrons. The van der Waals surface area contributed by atoms with Gasteiger partial charge < -0.3 is 9.88 Å². The van der Waals surface area contributed by atoms with E-state index in [0.29, 0.717) is 12.4 Å². The molecule has 0 amide bonds. The average Bonchev–Trinajstić information content (AvgIpc) is 2.85. The molecule has 0 saturated carbocycles. The first kappa shape index (κ1) is 15.6. The monoisotopic (exact) mass is 309 g/mol. The summed E-state index contributed by atoms with van der Waals surface area (Å²) in [5, 5.41) is 3.03. The number of nitrogens with one attached hydrogen (secondary N) is 1. The molecule has 2 aromatic heterocycles. The topological polar surface area (TPSA) is 80.1 Å². The summed E-state index contributed by atoms with van der Waals surface area (Å²) < 4.78 is 27.9. The molecular formula is C13H19N5O2S. The Hall–Kier alpha value is -1.77. The molecule has 0 aliphatic rings. The van der Waals surface area contributed by atoms with E-state index in [4.69, 9.17) is 0 Å². The molecule has 1 N–H and O–H groups in total. The third kappa shape index (κ3) is 3.46. The molecule has 0 saturated heterocycles. The van der Waals surface area contributed by atoms with E-state index in [1.165, 1.54) is 17.4 Å². The van der Waals surface area contributed by atoms with Crippen molar-refractivity contribution >= 4 is 10.0 Å². The highest BCUT2D eigenvalue weighted by Crippen LogP contribution is 2.14. The predicted octanol–water partition coefficient (Wildman–Crippen LogP) is 0.355. The molecule has 0 atom stereocenters. The highest BCUT2D eigenvalue weighted by molar-refractivity contribution is 7.89. The average molecular weight is 309 g/mol. The van der Waals surface area contributed by atoms with E-state index in [9.17, 15) is 8.42 Å². The minimum Gasteiger partial charge on any atom is -0.337 e. The van der Waals surface area contributed by atoms with E-state index >= 15 is 0 Å². The van der Waals surface area contributed by atoms with Gasteiger partial charge in [0.05, 0.1) is 6.54 Å². The third-order valence-electron chi connectivity index (χ3n) is 3.14. The van der Waals surface area contributed by atoms with Crippen LogP contribution in [-0.2, 0) is 30.2 Å². The van der Waals surface area contributed by atoms with Crippen LogP contribution in [-0.4, -0.2) is 41.4 Å². The number of aromatic nitrogens is 3. The summed E-state index contributed by atoms with van der Waals surface area (Å²) >= 11 is 0. The Morgan fingerprint density at radius 3 is 2.62 bits per heavy atom. The number of rotatable bonds is 6. The molecule has 2 heterocycles. The summed E-state index contributed by atoms with van der Waals surface area (Å²) in [5.41, 5.74) is 0.934. The van der Waals surface area contributed by atoms with Crippen LogP contribution in [0.4, 0.5) is 0 Å². The van der Waals surface area contributed by atoms with Crippen LogP contribution in [0.3, 0.4) is 0 Å². The maximum Gasteiger partial charge on any atom is 0.260 e. The molecule has 0 aliphatic carbocycles. The molecule has 21 heavy (non-hydrogen) atoms. The van der Waals surface area contributed by atoms with Crippen LogP contribution >= 0.6 is 0 Å². The largest absolute Gasteiger partial charge is 0.337 e. The van der Waals surface area contributed by atoms with Crippen molar-refractivity contribution in [2.45, 2.75) is 18.1 Å². The lowest BCUT2D eigenvalue weighted by molar-refractivity contribution is 0.448. The van der Waals surface area contributed by atoms with Gasteiger partial charge in [-0.1, -0.05) is 6.07 Å². The van der Waals surface area contributed by atoms with E-state index < -0.39 is 10.0 Å². The van der Waals surface area contributed by atoms with Gasteiger partial charge >= 0.3 is 0 Å². The van der Waals surface area contributed by atoms with Crippen molar-refractivity contribution in [1.29, 1.82) is 0 Å². The van der Waals surface area contributed by atoms with Gasteiger partial charge in [0, 0.05) is 39.2 Å². The van der Waals surface area contributed by atoms with E-state index in [0.717, 1.165) is 5.56 Å². The zero-order valence-corrected chi connectivity index (χ0v) is 13.1. The first-order valence-corrected chi connectivity index (χ1v) is 7.91. The summed E-state index contributed by atoms with van der Waals surface area (Å²) in [6.07, 6.45) is 4.99. The number of nitrogens with zero attached hydrogens (tertiary/aromatic N) is 4. The molecule has 0 fully saturated rings. The number of aryl methyl sites for hydroxylation is 1. The maximum absolute atomic E-state index is 12.4. The zero-order valence-electron chi connectivity index (χ0n) is 12.3. The molecule has 0 bridgehead atoms. The molecule has 0 spiro atoms. The fraction of sp³-hybridized carbons (Fsp3) is 0.385. The van der Waals surface area contributed by atoms with Crippen LogP contribution in [0.5, 0.6) is 0 Å². The van der Waals surface area contributed by atoms with Gasteiger partial charge in [0.15, 0.2) is 5.03 Å². The zero-order chi connectivity index (χ0) is 15.5. The van der Waals surface area contributed by atoms with E-state index in [1.807, 2.05) is 14.1 Å². The summed E-state index contributed by atoms with van der Waals surface area (Å²) in [5.74, 6) is 0.674. The summed E-state index contributed by atoms with van der Waals surface area (Å²) in [7, 11) is 1.56. The van der Waals surface area contributed by atoms with Crippen molar-refractivity contribution in [3.05, 3.63) is 42.1 Å². The normalized spacial score (nSPS) is 12.0. The van der Waals surface area contributed by atoms with Crippen molar-refractivity contribution < 1.29 is 8.42 Å². The van der Waals surface area contributed by atoms with Crippen molar-refractivity contribution in [3.8, 4) is 0 Å². The molecular weight excluding hydrogens is 290 g/mol.